The van der Waals surface area contributed by atoms with Gasteiger partial charge in [0, 0.05) is 17.0 Å². The molecule has 0 saturated carbocycles. The summed E-state index contributed by atoms with van der Waals surface area (Å²) in [6, 6.07) is 5.58. The number of aromatic nitrogens is 3. The van der Waals surface area contributed by atoms with Gasteiger partial charge in [0.2, 0.25) is 5.01 Å². The lowest BCUT2D eigenvalue weighted by atomic mass is 10.3. The lowest BCUT2D eigenvalue weighted by Gasteiger charge is -2.01. The molecule has 26 heavy (non-hydrogen) atoms. The van der Waals surface area contributed by atoms with E-state index in [9.17, 15) is 9.59 Å². The van der Waals surface area contributed by atoms with Gasteiger partial charge >= 0.3 is 11.9 Å². The highest BCUT2D eigenvalue weighted by Crippen LogP contribution is 2.21. The monoisotopic (exact) mass is 389 g/mol. The lowest BCUT2D eigenvalue weighted by molar-refractivity contribution is -0.144. The third kappa shape index (κ3) is 4.70. The smallest absolute Gasteiger partial charge is 0.367 e. The molecule has 9 heteroatoms. The van der Waals surface area contributed by atoms with Crippen molar-refractivity contribution in [3.63, 3.8) is 0 Å². The molecule has 0 radical (unpaired) electrons. The highest BCUT2D eigenvalue weighted by molar-refractivity contribution is 7.13. The molecular formula is C17H15N3O4S2. The molecule has 0 saturated heterocycles. The molecule has 0 amide bonds. The van der Waals surface area contributed by atoms with Gasteiger partial charge in [-0.15, -0.1) is 22.7 Å². The minimum atomic E-state index is -0.473. The van der Waals surface area contributed by atoms with Crippen molar-refractivity contribution in [1.29, 1.82) is 0 Å². The van der Waals surface area contributed by atoms with Crippen molar-refractivity contribution < 1.29 is 19.1 Å². The van der Waals surface area contributed by atoms with E-state index in [0.29, 0.717) is 11.4 Å². The van der Waals surface area contributed by atoms with Crippen molar-refractivity contribution in [3.8, 4) is 10.7 Å². The van der Waals surface area contributed by atoms with Gasteiger partial charge in [0.25, 0.3) is 0 Å². The molecule has 3 aromatic heterocycles. The Labute approximate surface area is 157 Å². The summed E-state index contributed by atoms with van der Waals surface area (Å²) >= 11 is 2.59. The van der Waals surface area contributed by atoms with Gasteiger partial charge in [-0.2, -0.15) is 0 Å². The number of nitrogens with zero attached hydrogens (tertiary/aromatic N) is 3. The van der Waals surface area contributed by atoms with E-state index in [2.05, 4.69) is 15.0 Å². The molecule has 3 heterocycles. The minimum Gasteiger partial charge on any atom is -0.461 e. The molecular weight excluding hydrogens is 374 g/mol. The van der Waals surface area contributed by atoms with Crippen LogP contribution in [0, 0.1) is 0 Å². The Kier molecular flexibility index (Phi) is 6.03. The van der Waals surface area contributed by atoms with Crippen LogP contribution in [-0.4, -0.2) is 33.5 Å². The van der Waals surface area contributed by atoms with Gasteiger partial charge in [-0.3, -0.25) is 9.78 Å². The Balaban J connectivity index is 1.52. The van der Waals surface area contributed by atoms with Crippen LogP contribution in [0.3, 0.4) is 0 Å². The Morgan fingerprint density at radius 3 is 2.69 bits per heavy atom. The number of rotatable bonds is 7. The number of esters is 2. The summed E-state index contributed by atoms with van der Waals surface area (Å²) in [4.78, 5) is 36.3. The van der Waals surface area contributed by atoms with Crippen molar-refractivity contribution in [1.82, 2.24) is 15.0 Å². The third-order valence-electron chi connectivity index (χ3n) is 3.14. The van der Waals surface area contributed by atoms with Gasteiger partial charge in [0.1, 0.15) is 11.6 Å². The second kappa shape index (κ2) is 8.63. The van der Waals surface area contributed by atoms with E-state index in [4.69, 9.17) is 9.47 Å². The van der Waals surface area contributed by atoms with Crippen LogP contribution in [0.1, 0.15) is 28.1 Å². The first kappa shape index (κ1) is 18.2. The van der Waals surface area contributed by atoms with E-state index in [-0.39, 0.29) is 24.6 Å². The average molecular weight is 389 g/mol. The number of carbonyl (C=O) groups is 2. The summed E-state index contributed by atoms with van der Waals surface area (Å²) in [7, 11) is 0. The van der Waals surface area contributed by atoms with Gasteiger partial charge in [-0.25, -0.2) is 14.8 Å². The molecule has 3 rings (SSSR count). The van der Waals surface area contributed by atoms with Crippen LogP contribution < -0.4 is 0 Å². The summed E-state index contributed by atoms with van der Waals surface area (Å²) in [6.07, 6.45) is 1.77. The van der Waals surface area contributed by atoms with Gasteiger partial charge in [0.15, 0.2) is 0 Å². The average Bonchev–Trinajstić information content (AvgIpc) is 3.30. The maximum atomic E-state index is 12.0. The summed E-state index contributed by atoms with van der Waals surface area (Å²) in [5, 5.41) is 4.48. The maximum Gasteiger partial charge on any atom is 0.367 e. The molecule has 0 aliphatic carbocycles. The summed E-state index contributed by atoms with van der Waals surface area (Å²) in [5.41, 5.74) is 1.91. The number of hydrogen-bond acceptors (Lipinski definition) is 9. The predicted molar refractivity (Wildman–Crippen MR) is 96.9 cm³/mol. The number of thiazole rings is 2. The van der Waals surface area contributed by atoms with Crippen LogP contribution in [0.25, 0.3) is 10.7 Å². The van der Waals surface area contributed by atoms with E-state index in [0.717, 1.165) is 22.0 Å². The molecule has 0 spiro atoms. The zero-order chi connectivity index (χ0) is 18.4. The second-order valence-electron chi connectivity index (χ2n) is 5.06. The quantitative estimate of drug-likeness (QED) is 0.573. The van der Waals surface area contributed by atoms with E-state index in [1.165, 1.54) is 11.3 Å². The third-order valence-corrected chi connectivity index (χ3v) is 4.93. The number of carbonyl (C=O) groups excluding carboxylic acids is 2. The fourth-order valence-electron chi connectivity index (χ4n) is 2.01. The Morgan fingerprint density at radius 2 is 1.92 bits per heavy atom. The molecule has 0 N–H and O–H groups in total. The van der Waals surface area contributed by atoms with Gasteiger partial charge in [-0.05, 0) is 19.1 Å². The first-order valence-electron chi connectivity index (χ1n) is 7.78. The fraction of sp³-hybridized carbons (Fsp3) is 0.235. The fourth-order valence-corrected chi connectivity index (χ4v) is 3.50. The molecule has 134 valence electrons. The molecule has 0 fully saturated rings. The largest absolute Gasteiger partial charge is 0.461 e. The second-order valence-corrected chi connectivity index (χ2v) is 6.78. The van der Waals surface area contributed by atoms with Crippen molar-refractivity contribution in [2.24, 2.45) is 0 Å². The van der Waals surface area contributed by atoms with Gasteiger partial charge in [-0.1, -0.05) is 6.07 Å². The van der Waals surface area contributed by atoms with E-state index < -0.39 is 11.9 Å². The van der Waals surface area contributed by atoms with Crippen LogP contribution in [0.2, 0.25) is 0 Å². The molecule has 0 aliphatic rings. The van der Waals surface area contributed by atoms with Crippen LogP contribution in [0.15, 0.2) is 35.2 Å². The van der Waals surface area contributed by atoms with Crippen molar-refractivity contribution in [2.45, 2.75) is 20.0 Å². The SMILES string of the molecule is CCOC(=O)c1nc(COC(=O)Cc2csc(-c3ccccn3)n2)cs1. The first-order valence-corrected chi connectivity index (χ1v) is 9.54. The van der Waals surface area contributed by atoms with Crippen molar-refractivity contribution >= 4 is 34.6 Å². The molecule has 3 aromatic rings. The van der Waals surface area contributed by atoms with Gasteiger partial charge < -0.3 is 9.47 Å². The molecule has 0 aliphatic heterocycles. The molecule has 0 bridgehead atoms. The highest BCUT2D eigenvalue weighted by Gasteiger charge is 2.14. The molecule has 0 unspecified atom stereocenters. The van der Waals surface area contributed by atoms with Crippen LogP contribution in [0.5, 0.6) is 0 Å². The normalized spacial score (nSPS) is 10.5. The van der Waals surface area contributed by atoms with Crippen LogP contribution in [0.4, 0.5) is 0 Å². The van der Waals surface area contributed by atoms with E-state index in [1.807, 2.05) is 23.6 Å². The Bertz CT molecular complexity index is 892. The standard InChI is InChI=1S/C17H15N3O4S2/c1-2-23-17(22)16-20-12(10-26-16)8-24-14(21)7-11-9-25-15(19-11)13-5-3-4-6-18-13/h3-6,9-10H,2,7-8H2,1H3. The highest BCUT2D eigenvalue weighted by atomic mass is 32.1. The number of hydrogen-bond donors (Lipinski definition) is 0. The van der Waals surface area contributed by atoms with Crippen LogP contribution >= 0.6 is 22.7 Å². The number of ether oxygens (including phenoxy) is 2. The zero-order valence-electron chi connectivity index (χ0n) is 13.9. The topological polar surface area (TPSA) is 91.3 Å². The van der Waals surface area contributed by atoms with Gasteiger partial charge in [0.05, 0.1) is 30.1 Å². The predicted octanol–water partition coefficient (Wildman–Crippen LogP) is 3.12. The maximum absolute atomic E-state index is 12.0. The van der Waals surface area contributed by atoms with Crippen molar-refractivity contribution in [2.75, 3.05) is 6.61 Å². The van der Waals surface area contributed by atoms with Crippen LogP contribution in [-0.2, 0) is 27.3 Å². The van der Waals surface area contributed by atoms with Crippen molar-refractivity contribution in [3.05, 3.63) is 51.6 Å². The van der Waals surface area contributed by atoms with E-state index >= 15 is 0 Å². The molecule has 0 aromatic carbocycles. The summed E-state index contributed by atoms with van der Waals surface area (Å²) in [5.74, 6) is -0.881. The Morgan fingerprint density at radius 1 is 1.08 bits per heavy atom. The first-order chi connectivity index (χ1) is 12.7. The summed E-state index contributed by atoms with van der Waals surface area (Å²) in [6.45, 7) is 2.02. The minimum absolute atomic E-state index is 0.00593. The lowest BCUT2D eigenvalue weighted by Crippen LogP contribution is -2.09. The molecule has 7 nitrogen and oxygen atoms in total. The zero-order valence-corrected chi connectivity index (χ0v) is 15.5. The number of pyridine rings is 1. The molecule has 0 atom stereocenters. The van der Waals surface area contributed by atoms with E-state index in [1.54, 1.807) is 18.5 Å². The Hall–Kier alpha value is -2.65. The summed E-state index contributed by atoms with van der Waals surface area (Å²) < 4.78 is 10.1.